The van der Waals surface area contributed by atoms with E-state index in [9.17, 15) is 0 Å². The van der Waals surface area contributed by atoms with Gasteiger partial charge in [-0.05, 0) is 24.1 Å². The molecule has 2 aromatic rings. The summed E-state index contributed by atoms with van der Waals surface area (Å²) < 4.78 is 0. The third-order valence-corrected chi connectivity index (χ3v) is 2.69. The first kappa shape index (κ1) is 13.6. The second-order valence-electron chi connectivity index (χ2n) is 4.70. The molecule has 1 aromatic carbocycles. The Morgan fingerprint density at radius 1 is 1.16 bits per heavy atom. The van der Waals surface area contributed by atoms with Gasteiger partial charge in [0.25, 0.3) is 0 Å². The molecule has 0 aliphatic rings. The average molecular weight is 277 g/mol. The van der Waals surface area contributed by atoms with Crippen LogP contribution in [0.1, 0.15) is 13.8 Å². The van der Waals surface area contributed by atoms with Crippen LogP contribution in [0.5, 0.6) is 0 Å². The van der Waals surface area contributed by atoms with Gasteiger partial charge in [0, 0.05) is 23.3 Å². The Bertz CT molecular complexity index is 542. The van der Waals surface area contributed by atoms with E-state index in [1.165, 1.54) is 6.33 Å². The molecule has 2 N–H and O–H groups in total. The van der Waals surface area contributed by atoms with Crippen molar-refractivity contribution in [1.82, 2.24) is 9.97 Å². The lowest BCUT2D eigenvalue weighted by atomic mass is 10.2. The summed E-state index contributed by atoms with van der Waals surface area (Å²) in [6, 6.07) is 9.40. The number of hydrogen-bond donors (Lipinski definition) is 2. The van der Waals surface area contributed by atoms with Gasteiger partial charge in [0.1, 0.15) is 18.0 Å². The van der Waals surface area contributed by atoms with E-state index in [0.29, 0.717) is 10.9 Å². The van der Waals surface area contributed by atoms with Crippen LogP contribution in [0.2, 0.25) is 5.02 Å². The van der Waals surface area contributed by atoms with Crippen molar-refractivity contribution in [3.05, 3.63) is 41.7 Å². The first-order valence-electron chi connectivity index (χ1n) is 6.22. The highest BCUT2D eigenvalue weighted by atomic mass is 35.5. The van der Waals surface area contributed by atoms with Crippen LogP contribution in [-0.2, 0) is 0 Å². The minimum Gasteiger partial charge on any atom is -0.370 e. The van der Waals surface area contributed by atoms with Gasteiger partial charge >= 0.3 is 0 Å². The highest BCUT2D eigenvalue weighted by Crippen LogP contribution is 2.19. The van der Waals surface area contributed by atoms with E-state index in [0.717, 1.165) is 23.9 Å². The largest absolute Gasteiger partial charge is 0.370 e. The number of aromatic nitrogens is 2. The topological polar surface area (TPSA) is 49.8 Å². The molecule has 1 aromatic heterocycles. The summed E-state index contributed by atoms with van der Waals surface area (Å²) in [5.41, 5.74) is 0.904. The predicted molar refractivity (Wildman–Crippen MR) is 80.1 cm³/mol. The summed E-state index contributed by atoms with van der Waals surface area (Å²) in [5, 5.41) is 7.15. The van der Waals surface area contributed by atoms with Crippen LogP contribution in [0.3, 0.4) is 0 Å². The van der Waals surface area contributed by atoms with Crippen molar-refractivity contribution in [2.45, 2.75) is 13.8 Å². The number of nitrogens with zero attached hydrogens (tertiary/aromatic N) is 2. The van der Waals surface area contributed by atoms with Gasteiger partial charge in [-0.3, -0.25) is 0 Å². The fraction of sp³-hybridized carbons (Fsp3) is 0.286. The first-order valence-corrected chi connectivity index (χ1v) is 6.60. The second-order valence-corrected chi connectivity index (χ2v) is 5.14. The Hall–Kier alpha value is -1.81. The van der Waals surface area contributed by atoms with Crippen molar-refractivity contribution >= 4 is 28.9 Å². The van der Waals surface area contributed by atoms with E-state index in [4.69, 9.17) is 11.6 Å². The van der Waals surface area contributed by atoms with Crippen LogP contribution < -0.4 is 10.6 Å². The van der Waals surface area contributed by atoms with Crippen LogP contribution in [0.25, 0.3) is 0 Å². The van der Waals surface area contributed by atoms with E-state index < -0.39 is 0 Å². The Labute approximate surface area is 118 Å². The summed E-state index contributed by atoms with van der Waals surface area (Å²) in [6.45, 7) is 5.19. The van der Waals surface area contributed by atoms with E-state index in [2.05, 4.69) is 34.4 Å². The molecule has 1 heterocycles. The zero-order chi connectivity index (χ0) is 13.7. The van der Waals surface area contributed by atoms with Crippen molar-refractivity contribution in [3.63, 3.8) is 0 Å². The van der Waals surface area contributed by atoms with Crippen LogP contribution >= 0.6 is 11.6 Å². The van der Waals surface area contributed by atoms with Crippen molar-refractivity contribution in [1.29, 1.82) is 0 Å². The number of benzene rings is 1. The van der Waals surface area contributed by atoms with Crippen LogP contribution in [-0.4, -0.2) is 16.5 Å². The maximum atomic E-state index is 5.94. The SMILES string of the molecule is CC(C)CNc1cc(Nc2cccc(Cl)c2)ncn1. The standard InChI is InChI=1S/C14H17ClN4/c1-10(2)8-16-13-7-14(18-9-17-13)19-12-5-3-4-11(15)6-12/h3-7,9-10H,8H2,1-2H3,(H2,16,17,18,19). The molecule has 19 heavy (non-hydrogen) atoms. The monoisotopic (exact) mass is 276 g/mol. The van der Waals surface area contributed by atoms with E-state index in [1.54, 1.807) is 0 Å². The van der Waals surface area contributed by atoms with Gasteiger partial charge in [0.05, 0.1) is 0 Å². The number of rotatable bonds is 5. The van der Waals surface area contributed by atoms with Crippen LogP contribution in [0.15, 0.2) is 36.7 Å². The molecule has 0 bridgehead atoms. The normalized spacial score (nSPS) is 10.5. The van der Waals surface area contributed by atoms with Gasteiger partial charge in [-0.1, -0.05) is 31.5 Å². The van der Waals surface area contributed by atoms with Crippen molar-refractivity contribution in [2.24, 2.45) is 5.92 Å². The lowest BCUT2D eigenvalue weighted by Gasteiger charge is -2.10. The molecule has 100 valence electrons. The maximum absolute atomic E-state index is 5.94. The highest BCUT2D eigenvalue weighted by Gasteiger charge is 2.01. The predicted octanol–water partition coefficient (Wildman–Crippen LogP) is 3.94. The number of nitrogens with one attached hydrogen (secondary N) is 2. The van der Waals surface area contributed by atoms with Gasteiger partial charge in [0.15, 0.2) is 0 Å². The molecule has 0 amide bonds. The van der Waals surface area contributed by atoms with Crippen molar-refractivity contribution < 1.29 is 0 Å². The minimum atomic E-state index is 0.569. The quantitative estimate of drug-likeness (QED) is 0.868. The van der Waals surface area contributed by atoms with E-state index in [-0.39, 0.29) is 0 Å². The zero-order valence-electron chi connectivity index (χ0n) is 11.0. The zero-order valence-corrected chi connectivity index (χ0v) is 11.8. The third kappa shape index (κ3) is 4.41. The molecular formula is C14H17ClN4. The number of anilines is 3. The fourth-order valence-corrected chi connectivity index (χ4v) is 1.74. The lowest BCUT2D eigenvalue weighted by Crippen LogP contribution is -2.09. The fourth-order valence-electron chi connectivity index (χ4n) is 1.55. The summed E-state index contributed by atoms with van der Waals surface area (Å²) >= 11 is 5.94. The van der Waals surface area contributed by atoms with Crippen LogP contribution in [0, 0.1) is 5.92 Å². The highest BCUT2D eigenvalue weighted by molar-refractivity contribution is 6.30. The second kappa shape index (κ2) is 6.38. The molecule has 0 saturated carbocycles. The maximum Gasteiger partial charge on any atom is 0.135 e. The Balaban J connectivity index is 2.06. The Kier molecular flexibility index (Phi) is 4.58. The lowest BCUT2D eigenvalue weighted by molar-refractivity contribution is 0.687. The molecular weight excluding hydrogens is 260 g/mol. The van der Waals surface area contributed by atoms with Gasteiger partial charge in [-0.25, -0.2) is 9.97 Å². The molecule has 0 atom stereocenters. The molecule has 0 unspecified atom stereocenters. The molecule has 0 aliphatic carbocycles. The van der Waals surface area contributed by atoms with Gasteiger partial charge in [-0.2, -0.15) is 0 Å². The molecule has 0 radical (unpaired) electrons. The summed E-state index contributed by atoms with van der Waals surface area (Å²) in [7, 11) is 0. The Morgan fingerprint density at radius 2 is 1.95 bits per heavy atom. The van der Waals surface area contributed by atoms with E-state index in [1.807, 2.05) is 30.3 Å². The van der Waals surface area contributed by atoms with Gasteiger partial charge in [-0.15, -0.1) is 0 Å². The molecule has 0 spiro atoms. The first-order chi connectivity index (χ1) is 9.13. The van der Waals surface area contributed by atoms with Crippen molar-refractivity contribution in [2.75, 3.05) is 17.2 Å². The molecule has 0 aliphatic heterocycles. The molecule has 0 saturated heterocycles. The third-order valence-electron chi connectivity index (χ3n) is 2.46. The summed E-state index contributed by atoms with van der Waals surface area (Å²) in [6.07, 6.45) is 1.54. The molecule has 5 heteroatoms. The smallest absolute Gasteiger partial charge is 0.135 e. The molecule has 2 rings (SSSR count). The average Bonchev–Trinajstić information content (AvgIpc) is 2.37. The summed E-state index contributed by atoms with van der Waals surface area (Å²) in [4.78, 5) is 8.37. The van der Waals surface area contributed by atoms with Crippen molar-refractivity contribution in [3.8, 4) is 0 Å². The minimum absolute atomic E-state index is 0.569. The summed E-state index contributed by atoms with van der Waals surface area (Å²) in [5.74, 6) is 2.12. The van der Waals surface area contributed by atoms with Gasteiger partial charge < -0.3 is 10.6 Å². The number of halogens is 1. The Morgan fingerprint density at radius 3 is 2.68 bits per heavy atom. The molecule has 4 nitrogen and oxygen atoms in total. The number of hydrogen-bond acceptors (Lipinski definition) is 4. The molecule has 0 fully saturated rings. The van der Waals surface area contributed by atoms with E-state index >= 15 is 0 Å². The van der Waals surface area contributed by atoms with Crippen LogP contribution in [0.4, 0.5) is 17.3 Å². The van der Waals surface area contributed by atoms with Gasteiger partial charge in [0.2, 0.25) is 0 Å².